The second kappa shape index (κ2) is 8.50. The van der Waals surface area contributed by atoms with Gasteiger partial charge in [-0.3, -0.25) is 9.59 Å². The Bertz CT molecular complexity index is 970. The van der Waals surface area contributed by atoms with Gasteiger partial charge in [0.05, 0.1) is 17.0 Å². The van der Waals surface area contributed by atoms with Gasteiger partial charge in [-0.05, 0) is 36.8 Å². The highest BCUT2D eigenvalue weighted by Gasteiger charge is 2.14. The zero-order chi connectivity index (χ0) is 19.2. The maximum Gasteiger partial charge on any atom is 0.257 e. The van der Waals surface area contributed by atoms with Crippen molar-refractivity contribution in [3.05, 3.63) is 66.0 Å². The van der Waals surface area contributed by atoms with Crippen LogP contribution in [0.2, 0.25) is 0 Å². The Morgan fingerprint density at radius 3 is 2.67 bits per heavy atom. The van der Waals surface area contributed by atoms with Crippen LogP contribution in [0.1, 0.15) is 15.9 Å². The van der Waals surface area contributed by atoms with Gasteiger partial charge in [0.1, 0.15) is 6.33 Å². The van der Waals surface area contributed by atoms with Crippen molar-refractivity contribution < 1.29 is 9.59 Å². The molecule has 0 fully saturated rings. The quantitative estimate of drug-likeness (QED) is 0.641. The van der Waals surface area contributed by atoms with Crippen molar-refractivity contribution in [2.75, 3.05) is 16.4 Å². The highest BCUT2D eigenvalue weighted by molar-refractivity contribution is 7.99. The normalized spacial score (nSPS) is 10.4. The number of rotatable bonds is 6. The van der Waals surface area contributed by atoms with Gasteiger partial charge in [0.2, 0.25) is 5.91 Å². The molecule has 3 rings (SSSR count). The topological polar surface area (TPSA) is 88.9 Å². The molecule has 27 heavy (non-hydrogen) atoms. The Hall–Kier alpha value is -3.13. The zero-order valence-electron chi connectivity index (χ0n) is 15.0. The maximum absolute atomic E-state index is 12.6. The summed E-state index contributed by atoms with van der Waals surface area (Å²) in [5.41, 5.74) is 2.62. The van der Waals surface area contributed by atoms with Crippen molar-refractivity contribution in [2.45, 2.75) is 12.1 Å². The first-order valence-corrected chi connectivity index (χ1v) is 9.25. The van der Waals surface area contributed by atoms with Crippen LogP contribution in [-0.2, 0) is 11.8 Å². The van der Waals surface area contributed by atoms with Gasteiger partial charge in [0.15, 0.2) is 5.16 Å². The van der Waals surface area contributed by atoms with Gasteiger partial charge in [-0.1, -0.05) is 36.0 Å². The molecule has 2 aromatic carbocycles. The van der Waals surface area contributed by atoms with Crippen LogP contribution in [0.3, 0.4) is 0 Å². The summed E-state index contributed by atoms with van der Waals surface area (Å²) < 4.78 is 1.74. The Kier molecular flexibility index (Phi) is 5.87. The number of para-hydroxylation sites is 1. The first-order chi connectivity index (χ1) is 13.0. The third-order valence-electron chi connectivity index (χ3n) is 3.72. The fourth-order valence-corrected chi connectivity index (χ4v) is 3.12. The first-order valence-electron chi connectivity index (χ1n) is 8.26. The third-order valence-corrected chi connectivity index (χ3v) is 4.76. The number of carbonyl (C=O) groups is 2. The van der Waals surface area contributed by atoms with Crippen LogP contribution in [0.5, 0.6) is 0 Å². The summed E-state index contributed by atoms with van der Waals surface area (Å²) in [6.45, 7) is 1.96. The van der Waals surface area contributed by atoms with E-state index in [1.54, 1.807) is 35.2 Å². The monoisotopic (exact) mass is 381 g/mol. The Morgan fingerprint density at radius 1 is 1.11 bits per heavy atom. The van der Waals surface area contributed by atoms with Gasteiger partial charge in [-0.2, -0.15) is 0 Å². The molecule has 0 aliphatic rings. The van der Waals surface area contributed by atoms with Gasteiger partial charge < -0.3 is 15.2 Å². The number of carbonyl (C=O) groups excluding carboxylic acids is 2. The number of hydrogen-bond donors (Lipinski definition) is 2. The Morgan fingerprint density at radius 2 is 1.93 bits per heavy atom. The van der Waals surface area contributed by atoms with Crippen molar-refractivity contribution in [1.82, 2.24) is 14.8 Å². The molecule has 0 radical (unpaired) electrons. The largest absolute Gasteiger partial charge is 0.325 e. The number of benzene rings is 2. The SMILES string of the molecule is Cc1cccc(NC(=O)c2ccccc2NC(=O)CSc2nncn2C)c1. The lowest BCUT2D eigenvalue weighted by Gasteiger charge is -2.11. The van der Waals surface area contributed by atoms with Crippen LogP contribution in [-0.4, -0.2) is 32.3 Å². The van der Waals surface area contributed by atoms with E-state index >= 15 is 0 Å². The average Bonchev–Trinajstić information content (AvgIpc) is 3.05. The maximum atomic E-state index is 12.6. The summed E-state index contributed by atoms with van der Waals surface area (Å²) >= 11 is 1.28. The van der Waals surface area contributed by atoms with Crippen LogP contribution in [0.4, 0.5) is 11.4 Å². The van der Waals surface area contributed by atoms with E-state index in [2.05, 4.69) is 20.8 Å². The predicted octanol–water partition coefficient (Wildman–Crippen LogP) is 3.11. The van der Waals surface area contributed by atoms with Crippen molar-refractivity contribution >= 4 is 35.0 Å². The molecule has 1 aromatic heterocycles. The summed E-state index contributed by atoms with van der Waals surface area (Å²) in [5, 5.41) is 14.0. The van der Waals surface area contributed by atoms with Gasteiger partial charge >= 0.3 is 0 Å². The van der Waals surface area contributed by atoms with Crippen LogP contribution < -0.4 is 10.6 Å². The number of nitrogens with zero attached hydrogens (tertiary/aromatic N) is 3. The molecule has 2 N–H and O–H groups in total. The van der Waals surface area contributed by atoms with E-state index in [1.165, 1.54) is 11.8 Å². The summed E-state index contributed by atoms with van der Waals surface area (Å²) in [5.74, 6) is -0.336. The zero-order valence-corrected chi connectivity index (χ0v) is 15.8. The van der Waals surface area contributed by atoms with Crippen molar-refractivity contribution in [3.63, 3.8) is 0 Å². The lowest BCUT2D eigenvalue weighted by molar-refractivity contribution is -0.113. The lowest BCUT2D eigenvalue weighted by atomic mass is 10.1. The molecule has 0 saturated carbocycles. The van der Waals surface area contributed by atoms with Crippen LogP contribution in [0.25, 0.3) is 0 Å². The van der Waals surface area contributed by atoms with Gasteiger partial charge in [0, 0.05) is 12.7 Å². The minimum Gasteiger partial charge on any atom is -0.325 e. The molecule has 138 valence electrons. The summed E-state index contributed by atoms with van der Waals surface area (Å²) in [6.07, 6.45) is 1.57. The molecule has 0 saturated heterocycles. The molecule has 1 heterocycles. The number of nitrogens with one attached hydrogen (secondary N) is 2. The second-order valence-corrected chi connectivity index (χ2v) is 6.87. The van der Waals surface area contributed by atoms with Crippen LogP contribution in [0, 0.1) is 6.92 Å². The molecule has 0 aliphatic carbocycles. The minimum atomic E-state index is -0.280. The van der Waals surface area contributed by atoms with E-state index in [-0.39, 0.29) is 17.6 Å². The highest BCUT2D eigenvalue weighted by atomic mass is 32.2. The second-order valence-electron chi connectivity index (χ2n) is 5.93. The predicted molar refractivity (Wildman–Crippen MR) is 106 cm³/mol. The molecule has 0 unspecified atom stereocenters. The standard InChI is InChI=1S/C19H19N5O2S/c1-13-6-5-7-14(10-13)21-18(26)15-8-3-4-9-16(15)22-17(25)11-27-19-23-20-12-24(19)2/h3-10,12H,11H2,1-2H3,(H,21,26)(H,22,25). The van der Waals surface area contributed by atoms with Gasteiger partial charge in [-0.25, -0.2) is 0 Å². The minimum absolute atomic E-state index is 0.167. The van der Waals surface area contributed by atoms with Gasteiger partial charge in [0.25, 0.3) is 5.91 Å². The molecule has 0 spiro atoms. The smallest absolute Gasteiger partial charge is 0.257 e. The molecule has 0 aliphatic heterocycles. The third kappa shape index (κ3) is 4.95. The van der Waals surface area contributed by atoms with E-state index < -0.39 is 0 Å². The molecular weight excluding hydrogens is 362 g/mol. The number of aromatic nitrogens is 3. The Labute approximate surface area is 161 Å². The number of hydrogen-bond acceptors (Lipinski definition) is 5. The first kappa shape index (κ1) is 18.7. The summed E-state index contributed by atoms with van der Waals surface area (Å²) in [6, 6.07) is 14.5. The Balaban J connectivity index is 1.67. The van der Waals surface area contributed by atoms with E-state index in [9.17, 15) is 9.59 Å². The van der Waals surface area contributed by atoms with Crippen molar-refractivity contribution in [1.29, 1.82) is 0 Å². The lowest BCUT2D eigenvalue weighted by Crippen LogP contribution is -2.19. The van der Waals surface area contributed by atoms with E-state index in [0.29, 0.717) is 22.1 Å². The number of amides is 2. The summed E-state index contributed by atoms with van der Waals surface area (Å²) in [7, 11) is 1.81. The van der Waals surface area contributed by atoms with Crippen LogP contribution >= 0.6 is 11.8 Å². The molecule has 8 heteroatoms. The van der Waals surface area contributed by atoms with E-state index in [0.717, 1.165) is 5.56 Å². The fourth-order valence-electron chi connectivity index (χ4n) is 2.43. The molecule has 3 aromatic rings. The molecule has 0 bridgehead atoms. The summed E-state index contributed by atoms with van der Waals surface area (Å²) in [4.78, 5) is 24.9. The van der Waals surface area contributed by atoms with Gasteiger partial charge in [-0.15, -0.1) is 10.2 Å². The molecular formula is C19H19N5O2S. The molecule has 0 atom stereocenters. The van der Waals surface area contributed by atoms with E-state index in [4.69, 9.17) is 0 Å². The van der Waals surface area contributed by atoms with E-state index in [1.807, 2.05) is 38.2 Å². The molecule has 7 nitrogen and oxygen atoms in total. The highest BCUT2D eigenvalue weighted by Crippen LogP contribution is 2.19. The van der Waals surface area contributed by atoms with Crippen LogP contribution in [0.15, 0.2) is 60.0 Å². The molecule has 2 amide bonds. The van der Waals surface area contributed by atoms with Crippen molar-refractivity contribution in [2.24, 2.45) is 7.05 Å². The number of aryl methyl sites for hydroxylation is 2. The average molecular weight is 381 g/mol. The fraction of sp³-hybridized carbons (Fsp3) is 0.158. The number of anilines is 2. The number of thioether (sulfide) groups is 1. The van der Waals surface area contributed by atoms with Crippen molar-refractivity contribution in [3.8, 4) is 0 Å².